The summed E-state index contributed by atoms with van der Waals surface area (Å²) in [5, 5.41) is 26.3. The van der Waals surface area contributed by atoms with Crippen LogP contribution in [-0.2, 0) is 0 Å². The van der Waals surface area contributed by atoms with E-state index in [4.69, 9.17) is 19.7 Å². The van der Waals surface area contributed by atoms with Crippen LogP contribution < -0.4 is 21.3 Å². The number of anilines is 4. The highest BCUT2D eigenvalue weighted by molar-refractivity contribution is 5.98. The monoisotopic (exact) mass is 528 g/mol. The minimum atomic E-state index is -0.676. The number of amides is 2. The Morgan fingerprint density at radius 3 is 1.90 bits per heavy atom. The Bertz CT molecular complexity index is 1730. The predicted molar refractivity (Wildman–Crippen MR) is 143 cm³/mol. The summed E-state index contributed by atoms with van der Waals surface area (Å²) >= 11 is 0. The van der Waals surface area contributed by atoms with E-state index in [1.54, 1.807) is 48.5 Å². The molecule has 0 bridgehead atoms. The number of hydrogen-bond donors (Lipinski definition) is 6. The molecule has 39 heavy (non-hydrogen) atoms. The van der Waals surface area contributed by atoms with Crippen LogP contribution in [0.2, 0.25) is 0 Å². The lowest BCUT2D eigenvalue weighted by molar-refractivity contribution is 0.0927. The van der Waals surface area contributed by atoms with Gasteiger partial charge in [-0.15, -0.1) is 0 Å². The van der Waals surface area contributed by atoms with Gasteiger partial charge in [-0.05, 0) is 48.5 Å². The molecule has 2 amide bonds. The third kappa shape index (κ3) is 5.56. The normalized spacial score (nSPS) is 10.8. The zero-order valence-electron chi connectivity index (χ0n) is 20.2. The third-order valence-corrected chi connectivity index (χ3v) is 5.47. The molecule has 0 aliphatic heterocycles. The topological polar surface area (TPSA) is 182 Å². The molecule has 0 fully saturated rings. The number of carbonyl (C=O) groups excluding carboxylic acids is 2. The van der Waals surface area contributed by atoms with E-state index in [1.807, 2.05) is 0 Å². The van der Waals surface area contributed by atoms with Crippen molar-refractivity contribution in [3.8, 4) is 0 Å². The summed E-state index contributed by atoms with van der Waals surface area (Å²) in [5.41, 5.74) is 2.05. The highest BCUT2D eigenvalue weighted by atomic mass is 19.1. The molecular formula is C26H21FN8O4. The molecule has 5 aromatic rings. The average molecular weight is 529 g/mol. The number of hydrogen-bond acceptors (Lipinski definition) is 10. The van der Waals surface area contributed by atoms with Crippen molar-refractivity contribution >= 4 is 69.3 Å². The van der Waals surface area contributed by atoms with Crippen molar-refractivity contribution in [2.75, 3.05) is 23.7 Å². The van der Waals surface area contributed by atoms with E-state index in [1.165, 1.54) is 0 Å². The number of nitrogens with zero attached hydrogens (tertiary/aromatic N) is 2. The van der Waals surface area contributed by atoms with Gasteiger partial charge < -0.3 is 40.9 Å². The number of rotatable bonds is 10. The Morgan fingerprint density at radius 2 is 1.36 bits per heavy atom. The van der Waals surface area contributed by atoms with Gasteiger partial charge in [0.1, 0.15) is 11.2 Å². The van der Waals surface area contributed by atoms with Crippen LogP contribution in [0, 0.1) is 16.6 Å². The van der Waals surface area contributed by atoms with E-state index in [2.05, 4.69) is 31.2 Å². The van der Waals surface area contributed by atoms with E-state index < -0.39 is 17.6 Å². The number of benzene rings is 2. The van der Waals surface area contributed by atoms with Crippen molar-refractivity contribution in [3.05, 3.63) is 72.1 Å². The van der Waals surface area contributed by atoms with Crippen molar-refractivity contribution in [2.45, 2.75) is 0 Å². The fourth-order valence-electron chi connectivity index (χ4n) is 3.71. The molecule has 5 rings (SSSR count). The zero-order valence-corrected chi connectivity index (χ0v) is 20.2. The average Bonchev–Trinajstić information content (AvgIpc) is 3.56. The first-order valence-corrected chi connectivity index (χ1v) is 11.6. The maximum absolute atomic E-state index is 14.5. The van der Waals surface area contributed by atoms with Crippen molar-refractivity contribution in [3.63, 3.8) is 0 Å². The molecule has 3 heterocycles. The first kappa shape index (κ1) is 25.1. The van der Waals surface area contributed by atoms with Crippen LogP contribution in [0.5, 0.6) is 0 Å². The summed E-state index contributed by atoms with van der Waals surface area (Å²) < 4.78 is 25.6. The number of furan rings is 2. The number of halogens is 1. The lowest BCUT2D eigenvalue weighted by Gasteiger charge is -2.09. The van der Waals surface area contributed by atoms with Gasteiger partial charge in [0.2, 0.25) is 5.95 Å². The summed E-state index contributed by atoms with van der Waals surface area (Å²) in [4.78, 5) is 32.4. The van der Waals surface area contributed by atoms with Gasteiger partial charge in [0, 0.05) is 34.6 Å². The molecule has 0 aliphatic rings. The molecule has 6 N–H and O–H groups in total. The van der Waals surface area contributed by atoms with Crippen LogP contribution in [-0.4, -0.2) is 47.3 Å². The fourth-order valence-corrected chi connectivity index (χ4v) is 3.71. The Labute approximate surface area is 219 Å². The van der Waals surface area contributed by atoms with E-state index in [9.17, 15) is 14.0 Å². The largest absolute Gasteiger partial charge is 0.451 e. The fraction of sp³-hybridized carbons (Fsp3) is 0.0769. The summed E-state index contributed by atoms with van der Waals surface area (Å²) in [6.45, 7) is 0.188. The second-order valence-corrected chi connectivity index (χ2v) is 8.19. The summed E-state index contributed by atoms with van der Waals surface area (Å²) in [7, 11) is 0. The molecule has 12 nitrogen and oxygen atoms in total. The molecule has 0 saturated carbocycles. The van der Waals surface area contributed by atoms with Crippen molar-refractivity contribution in [1.29, 1.82) is 10.8 Å². The molecule has 13 heteroatoms. The second kappa shape index (κ2) is 10.8. The van der Waals surface area contributed by atoms with Gasteiger partial charge in [-0.2, -0.15) is 4.98 Å². The first-order valence-electron chi connectivity index (χ1n) is 11.6. The summed E-state index contributed by atoms with van der Waals surface area (Å²) in [6, 6.07) is 13.2. The minimum Gasteiger partial charge on any atom is -0.451 e. The quantitative estimate of drug-likeness (QED) is 0.145. The third-order valence-electron chi connectivity index (χ3n) is 5.47. The molecule has 0 saturated heterocycles. The molecule has 0 spiro atoms. The van der Waals surface area contributed by atoms with Gasteiger partial charge in [-0.1, -0.05) is 0 Å². The maximum atomic E-state index is 14.5. The maximum Gasteiger partial charge on any atom is 0.287 e. The van der Waals surface area contributed by atoms with E-state index in [-0.39, 0.29) is 36.4 Å². The number of fused-ring (bicyclic) bond motifs is 2. The lowest BCUT2D eigenvalue weighted by atomic mass is 10.2. The number of aromatic nitrogens is 2. The Hall–Kier alpha value is -5.59. The predicted octanol–water partition coefficient (Wildman–Crippen LogP) is 4.35. The molecule has 2 aromatic carbocycles. The van der Waals surface area contributed by atoms with Crippen LogP contribution in [0.3, 0.4) is 0 Å². The number of nitrogens with one attached hydrogen (secondary N) is 6. The number of carbonyl (C=O) groups is 2. The SMILES string of the molecule is N=CCNC(=O)c1cc2cc(Nc3ncc(F)c(Nc4ccc5oc(C(=O)NCC=N)cc5c4)n3)ccc2o1. The van der Waals surface area contributed by atoms with Gasteiger partial charge in [-0.25, -0.2) is 9.37 Å². The summed E-state index contributed by atoms with van der Waals surface area (Å²) in [6.07, 6.45) is 3.17. The van der Waals surface area contributed by atoms with Crippen LogP contribution in [0.25, 0.3) is 21.9 Å². The van der Waals surface area contributed by atoms with Crippen LogP contribution in [0.4, 0.5) is 27.5 Å². The standard InChI is InChI=1S/C26H21FN8O4/c27-18-13-32-26(34-17-2-4-20-15(10-17)12-22(39-20)25(37)31-8-6-29)35-23(18)33-16-1-3-19-14(9-16)11-21(38-19)24(36)30-7-5-28/h1-6,9-13,28-29H,7-8H2,(H,30,36)(H,31,37)(H2,32,33,34,35). The highest BCUT2D eigenvalue weighted by Gasteiger charge is 2.15. The van der Waals surface area contributed by atoms with E-state index in [0.29, 0.717) is 33.3 Å². The highest BCUT2D eigenvalue weighted by Crippen LogP contribution is 2.27. The molecule has 0 aliphatic carbocycles. The Morgan fingerprint density at radius 1 is 0.821 bits per heavy atom. The van der Waals surface area contributed by atoms with Gasteiger partial charge in [0.25, 0.3) is 11.8 Å². The van der Waals surface area contributed by atoms with Crippen molar-refractivity contribution < 1.29 is 22.8 Å². The molecule has 0 atom stereocenters. The van der Waals surface area contributed by atoms with Gasteiger partial charge in [0.15, 0.2) is 23.2 Å². The second-order valence-electron chi connectivity index (χ2n) is 8.19. The molecule has 196 valence electrons. The van der Waals surface area contributed by atoms with Crippen LogP contribution >= 0.6 is 0 Å². The van der Waals surface area contributed by atoms with Crippen LogP contribution in [0.15, 0.2) is 63.6 Å². The Balaban J connectivity index is 1.32. The zero-order chi connectivity index (χ0) is 27.4. The minimum absolute atomic E-state index is 0.0751. The van der Waals surface area contributed by atoms with Gasteiger partial charge in [-0.3, -0.25) is 9.59 Å². The first-order chi connectivity index (χ1) is 18.9. The van der Waals surface area contributed by atoms with Gasteiger partial charge in [0.05, 0.1) is 19.3 Å². The van der Waals surface area contributed by atoms with E-state index >= 15 is 0 Å². The molecule has 0 unspecified atom stereocenters. The smallest absolute Gasteiger partial charge is 0.287 e. The Kier molecular flexibility index (Phi) is 6.94. The lowest BCUT2D eigenvalue weighted by Crippen LogP contribution is -2.24. The molecular weight excluding hydrogens is 507 g/mol. The summed E-state index contributed by atoms with van der Waals surface area (Å²) in [5.74, 6) is -1.30. The van der Waals surface area contributed by atoms with Crippen molar-refractivity contribution in [1.82, 2.24) is 20.6 Å². The molecule has 0 radical (unpaired) electrons. The van der Waals surface area contributed by atoms with Crippen LogP contribution in [0.1, 0.15) is 21.1 Å². The van der Waals surface area contributed by atoms with Crippen molar-refractivity contribution in [2.24, 2.45) is 0 Å². The molecule has 3 aromatic heterocycles. The van der Waals surface area contributed by atoms with Gasteiger partial charge >= 0.3 is 0 Å². The van der Waals surface area contributed by atoms with E-state index in [0.717, 1.165) is 18.6 Å².